The van der Waals surface area contributed by atoms with Crippen LogP contribution in [0.4, 0.5) is 5.69 Å². The number of amides is 2. The van der Waals surface area contributed by atoms with E-state index in [1.165, 1.54) is 14.2 Å². The van der Waals surface area contributed by atoms with Crippen molar-refractivity contribution in [1.82, 2.24) is 4.90 Å². The van der Waals surface area contributed by atoms with Gasteiger partial charge < -0.3 is 19.7 Å². The monoisotopic (exact) mass is 412 g/mol. The van der Waals surface area contributed by atoms with Crippen LogP contribution in [0, 0.1) is 0 Å². The van der Waals surface area contributed by atoms with Crippen molar-refractivity contribution in [2.45, 2.75) is 11.3 Å². The van der Waals surface area contributed by atoms with Gasteiger partial charge in [0.05, 0.1) is 19.9 Å². The van der Waals surface area contributed by atoms with Gasteiger partial charge in [-0.25, -0.2) is 0 Å². The summed E-state index contributed by atoms with van der Waals surface area (Å²) in [5.74, 6) is 0.359. The molecule has 7 heteroatoms. The number of anilines is 1. The van der Waals surface area contributed by atoms with E-state index in [2.05, 4.69) is 11.4 Å². The van der Waals surface area contributed by atoms with Gasteiger partial charge in [-0.3, -0.25) is 9.59 Å². The van der Waals surface area contributed by atoms with Crippen LogP contribution >= 0.6 is 11.8 Å². The van der Waals surface area contributed by atoms with Gasteiger partial charge in [-0.15, -0.1) is 11.8 Å². The Kier molecular flexibility index (Phi) is 6.82. The molecule has 0 spiro atoms. The van der Waals surface area contributed by atoms with Crippen LogP contribution in [0.3, 0.4) is 0 Å². The molecule has 2 aromatic carbocycles. The van der Waals surface area contributed by atoms with E-state index in [4.69, 9.17) is 9.47 Å². The molecule has 0 aliphatic carbocycles. The molecule has 6 nitrogen and oxygen atoms in total. The second-order valence-corrected chi connectivity index (χ2v) is 7.34. The van der Waals surface area contributed by atoms with E-state index >= 15 is 0 Å². The zero-order valence-corrected chi connectivity index (χ0v) is 17.5. The molecule has 3 rings (SSSR count). The minimum absolute atomic E-state index is 0.116. The number of rotatable bonds is 6. The predicted molar refractivity (Wildman–Crippen MR) is 115 cm³/mol. The highest BCUT2D eigenvalue weighted by Crippen LogP contribution is 2.37. The van der Waals surface area contributed by atoms with Gasteiger partial charge in [-0.2, -0.15) is 0 Å². The average molecular weight is 413 g/mol. The van der Waals surface area contributed by atoms with Crippen LogP contribution in [0.25, 0.3) is 0 Å². The SMILES string of the molecule is COc1cc(C(=O)N2CC=CCC2)cc(NC(=O)c2cccc(SC)c2)c1OC. The molecule has 1 heterocycles. The summed E-state index contributed by atoms with van der Waals surface area (Å²) in [6.45, 7) is 1.23. The first-order valence-corrected chi connectivity index (χ1v) is 10.5. The number of carbonyl (C=O) groups is 2. The Morgan fingerprint density at radius 1 is 1.07 bits per heavy atom. The maximum absolute atomic E-state index is 12.9. The number of hydrogen-bond acceptors (Lipinski definition) is 5. The van der Waals surface area contributed by atoms with E-state index < -0.39 is 0 Å². The van der Waals surface area contributed by atoms with Crippen LogP contribution in [0.1, 0.15) is 27.1 Å². The molecular weight excluding hydrogens is 388 g/mol. The Morgan fingerprint density at radius 2 is 1.90 bits per heavy atom. The van der Waals surface area contributed by atoms with Crippen LogP contribution in [0.15, 0.2) is 53.4 Å². The largest absolute Gasteiger partial charge is 0.493 e. The quantitative estimate of drug-likeness (QED) is 0.572. The van der Waals surface area contributed by atoms with Gasteiger partial charge in [0, 0.05) is 29.1 Å². The molecule has 0 unspecified atom stereocenters. The molecule has 0 saturated carbocycles. The lowest BCUT2D eigenvalue weighted by Crippen LogP contribution is -2.33. The number of thioether (sulfide) groups is 1. The van der Waals surface area contributed by atoms with Crippen molar-refractivity contribution in [3.8, 4) is 11.5 Å². The number of benzene rings is 2. The van der Waals surface area contributed by atoms with Gasteiger partial charge in [0.1, 0.15) is 0 Å². The highest BCUT2D eigenvalue weighted by molar-refractivity contribution is 7.98. The Morgan fingerprint density at radius 3 is 2.55 bits per heavy atom. The standard InChI is InChI=1S/C22H24N2O4S/c1-27-19-14-16(22(26)24-10-5-4-6-11-24)13-18(20(19)28-2)23-21(25)15-8-7-9-17(12-15)29-3/h4-5,7-9,12-14H,6,10-11H2,1-3H3,(H,23,25). The molecule has 0 atom stereocenters. The molecule has 0 saturated heterocycles. The van der Waals surface area contributed by atoms with Crippen molar-refractivity contribution in [2.24, 2.45) is 0 Å². The Bertz CT molecular complexity index is 942. The molecule has 1 aliphatic rings. The first-order valence-electron chi connectivity index (χ1n) is 9.23. The minimum Gasteiger partial charge on any atom is -0.493 e. The molecular formula is C22H24N2O4S. The normalized spacial score (nSPS) is 13.1. The fraction of sp³-hybridized carbons (Fsp3) is 0.273. The lowest BCUT2D eigenvalue weighted by Gasteiger charge is -2.24. The van der Waals surface area contributed by atoms with Crippen LogP contribution in [-0.2, 0) is 0 Å². The van der Waals surface area contributed by atoms with E-state index in [0.717, 1.165) is 11.3 Å². The van der Waals surface area contributed by atoms with Crippen LogP contribution in [-0.4, -0.2) is 50.3 Å². The number of carbonyl (C=O) groups excluding carboxylic acids is 2. The Labute approximate surface area is 174 Å². The van der Waals surface area contributed by atoms with Crippen LogP contribution < -0.4 is 14.8 Å². The van der Waals surface area contributed by atoms with Crippen LogP contribution in [0.2, 0.25) is 0 Å². The third-order valence-electron chi connectivity index (χ3n) is 4.65. The number of ether oxygens (including phenoxy) is 2. The van der Waals surface area contributed by atoms with Crippen molar-refractivity contribution in [1.29, 1.82) is 0 Å². The summed E-state index contributed by atoms with van der Waals surface area (Å²) in [7, 11) is 3.00. The predicted octanol–water partition coefficient (Wildman–Crippen LogP) is 4.08. The summed E-state index contributed by atoms with van der Waals surface area (Å²) in [5, 5.41) is 2.86. The molecule has 0 bridgehead atoms. The summed E-state index contributed by atoms with van der Waals surface area (Å²) in [5.41, 5.74) is 1.35. The summed E-state index contributed by atoms with van der Waals surface area (Å²) in [6.07, 6.45) is 6.82. The first kappa shape index (κ1) is 20.8. The highest BCUT2D eigenvalue weighted by Gasteiger charge is 2.22. The number of nitrogens with one attached hydrogen (secondary N) is 1. The summed E-state index contributed by atoms with van der Waals surface area (Å²) in [4.78, 5) is 28.5. The lowest BCUT2D eigenvalue weighted by molar-refractivity contribution is 0.0770. The number of hydrogen-bond donors (Lipinski definition) is 1. The van der Waals surface area contributed by atoms with Crippen molar-refractivity contribution in [2.75, 3.05) is 38.9 Å². The van der Waals surface area contributed by atoms with Gasteiger partial charge in [0.2, 0.25) is 0 Å². The maximum Gasteiger partial charge on any atom is 0.255 e. The third-order valence-corrected chi connectivity index (χ3v) is 5.38. The van der Waals surface area contributed by atoms with Crippen molar-refractivity contribution >= 4 is 29.3 Å². The van der Waals surface area contributed by atoms with Gasteiger partial charge in [0.15, 0.2) is 11.5 Å². The van der Waals surface area contributed by atoms with E-state index in [0.29, 0.717) is 41.4 Å². The van der Waals surface area contributed by atoms with Crippen molar-refractivity contribution in [3.05, 3.63) is 59.7 Å². The molecule has 2 aromatic rings. The zero-order chi connectivity index (χ0) is 20.8. The van der Waals surface area contributed by atoms with Gasteiger partial charge in [-0.05, 0) is 43.0 Å². The maximum atomic E-state index is 12.9. The van der Waals surface area contributed by atoms with E-state index in [1.807, 2.05) is 30.5 Å². The van der Waals surface area contributed by atoms with Gasteiger partial charge in [-0.1, -0.05) is 18.2 Å². The highest BCUT2D eigenvalue weighted by atomic mass is 32.2. The average Bonchev–Trinajstić information content (AvgIpc) is 2.78. The molecule has 0 radical (unpaired) electrons. The smallest absolute Gasteiger partial charge is 0.255 e. The summed E-state index contributed by atoms with van der Waals surface area (Å²) >= 11 is 1.56. The molecule has 152 valence electrons. The first-order chi connectivity index (χ1) is 14.1. The van der Waals surface area contributed by atoms with E-state index in [1.54, 1.807) is 34.9 Å². The summed E-state index contributed by atoms with van der Waals surface area (Å²) < 4.78 is 10.9. The van der Waals surface area contributed by atoms with Crippen molar-refractivity contribution in [3.63, 3.8) is 0 Å². The molecule has 2 amide bonds. The molecule has 29 heavy (non-hydrogen) atoms. The Hall–Kier alpha value is -2.93. The molecule has 0 aromatic heterocycles. The lowest BCUT2D eigenvalue weighted by atomic mass is 10.1. The minimum atomic E-state index is -0.285. The van der Waals surface area contributed by atoms with Crippen molar-refractivity contribution < 1.29 is 19.1 Å². The van der Waals surface area contributed by atoms with E-state index in [-0.39, 0.29) is 11.8 Å². The second-order valence-electron chi connectivity index (χ2n) is 6.46. The van der Waals surface area contributed by atoms with E-state index in [9.17, 15) is 9.59 Å². The second kappa shape index (κ2) is 9.52. The Balaban J connectivity index is 1.94. The third kappa shape index (κ3) is 4.74. The summed E-state index contributed by atoms with van der Waals surface area (Å²) in [6, 6.07) is 10.6. The number of nitrogens with zero attached hydrogens (tertiary/aromatic N) is 1. The molecule has 0 fully saturated rings. The number of methoxy groups -OCH3 is 2. The van der Waals surface area contributed by atoms with Crippen LogP contribution in [0.5, 0.6) is 11.5 Å². The molecule has 1 N–H and O–H groups in total. The fourth-order valence-corrected chi connectivity index (χ4v) is 3.61. The molecule has 1 aliphatic heterocycles. The zero-order valence-electron chi connectivity index (χ0n) is 16.7. The van der Waals surface area contributed by atoms with Gasteiger partial charge in [0.25, 0.3) is 11.8 Å². The fourth-order valence-electron chi connectivity index (χ4n) is 3.15. The topological polar surface area (TPSA) is 67.9 Å². The van der Waals surface area contributed by atoms with Gasteiger partial charge >= 0.3 is 0 Å².